The van der Waals surface area contributed by atoms with Gasteiger partial charge in [0.05, 0.1) is 5.92 Å². The Hall–Kier alpha value is -1.22. The van der Waals surface area contributed by atoms with Crippen LogP contribution in [0.25, 0.3) is 0 Å². The van der Waals surface area contributed by atoms with Crippen molar-refractivity contribution < 1.29 is 14.3 Å². The Morgan fingerprint density at radius 2 is 2.33 bits per heavy atom. The third-order valence-electron chi connectivity index (χ3n) is 3.12. The molecule has 15 heavy (non-hydrogen) atoms. The predicted octanol–water partition coefficient (Wildman–Crippen LogP) is 2.13. The summed E-state index contributed by atoms with van der Waals surface area (Å²) in [6.45, 7) is 2.14. The van der Waals surface area contributed by atoms with Gasteiger partial charge in [0.1, 0.15) is 12.4 Å². The number of esters is 1. The van der Waals surface area contributed by atoms with Crippen molar-refractivity contribution >= 4 is 17.6 Å². The minimum atomic E-state index is -0.854. The first-order valence-corrected chi connectivity index (χ1v) is 5.15. The van der Waals surface area contributed by atoms with Crippen molar-refractivity contribution in [3.05, 3.63) is 28.8 Å². The number of hydrogen-bond acceptors (Lipinski definition) is 3. The van der Waals surface area contributed by atoms with Crippen molar-refractivity contribution in [2.24, 2.45) is 0 Å². The van der Waals surface area contributed by atoms with Crippen LogP contribution >= 0.6 is 11.6 Å². The number of cyclic esters (lactones) is 1. The number of fused-ring (bicyclic) bond motifs is 3. The fourth-order valence-corrected chi connectivity index (χ4v) is 2.40. The molecule has 3 nitrogen and oxygen atoms in total. The van der Waals surface area contributed by atoms with Crippen LogP contribution in [0, 0.1) is 0 Å². The lowest BCUT2D eigenvalue weighted by molar-refractivity contribution is -0.149. The van der Waals surface area contributed by atoms with Crippen LogP contribution in [0.5, 0.6) is 5.75 Å². The van der Waals surface area contributed by atoms with E-state index in [1.54, 1.807) is 19.1 Å². The summed E-state index contributed by atoms with van der Waals surface area (Å²) in [4.78, 5) is 11.6. The van der Waals surface area contributed by atoms with Crippen LogP contribution in [-0.2, 0) is 9.53 Å². The van der Waals surface area contributed by atoms with Gasteiger partial charge in [0.2, 0.25) is 5.60 Å². The molecule has 2 aliphatic rings. The number of halogens is 1. The van der Waals surface area contributed by atoms with Crippen LogP contribution in [0.2, 0.25) is 5.02 Å². The monoisotopic (exact) mass is 224 g/mol. The molecule has 2 atom stereocenters. The van der Waals surface area contributed by atoms with Gasteiger partial charge in [-0.25, -0.2) is 4.79 Å². The molecule has 1 saturated heterocycles. The summed E-state index contributed by atoms with van der Waals surface area (Å²) in [7, 11) is 0. The maximum absolute atomic E-state index is 11.6. The minimum absolute atomic E-state index is 0.0290. The normalized spacial score (nSPS) is 31.9. The second-order valence-electron chi connectivity index (χ2n) is 4.04. The van der Waals surface area contributed by atoms with E-state index in [0.29, 0.717) is 11.6 Å². The molecule has 78 valence electrons. The maximum Gasteiger partial charge on any atom is 0.351 e. The molecule has 0 bridgehead atoms. The molecule has 0 amide bonds. The molecule has 2 aliphatic heterocycles. The minimum Gasteiger partial charge on any atom is -0.475 e. The van der Waals surface area contributed by atoms with Crippen LogP contribution in [-0.4, -0.2) is 18.2 Å². The van der Waals surface area contributed by atoms with Crippen molar-refractivity contribution in [1.82, 2.24) is 0 Å². The third kappa shape index (κ3) is 1.04. The maximum atomic E-state index is 11.6. The Morgan fingerprint density at radius 1 is 1.53 bits per heavy atom. The third-order valence-corrected chi connectivity index (χ3v) is 3.36. The molecule has 0 spiro atoms. The molecule has 0 unspecified atom stereocenters. The van der Waals surface area contributed by atoms with E-state index < -0.39 is 5.60 Å². The molecular formula is C11H9ClO3. The highest BCUT2D eigenvalue weighted by Gasteiger charge is 2.56. The average molecular weight is 225 g/mol. The van der Waals surface area contributed by atoms with Crippen LogP contribution in [0.1, 0.15) is 18.4 Å². The van der Waals surface area contributed by atoms with E-state index >= 15 is 0 Å². The van der Waals surface area contributed by atoms with Crippen molar-refractivity contribution in [2.45, 2.75) is 18.4 Å². The first-order chi connectivity index (χ1) is 7.11. The van der Waals surface area contributed by atoms with Gasteiger partial charge in [-0.3, -0.25) is 0 Å². The van der Waals surface area contributed by atoms with E-state index in [1.807, 2.05) is 6.07 Å². The van der Waals surface area contributed by atoms with Gasteiger partial charge in [0, 0.05) is 10.6 Å². The summed E-state index contributed by atoms with van der Waals surface area (Å²) in [6, 6.07) is 5.40. The van der Waals surface area contributed by atoms with E-state index in [1.165, 1.54) is 0 Å². The van der Waals surface area contributed by atoms with Gasteiger partial charge in [-0.2, -0.15) is 0 Å². The van der Waals surface area contributed by atoms with Crippen molar-refractivity contribution in [1.29, 1.82) is 0 Å². The van der Waals surface area contributed by atoms with Crippen LogP contribution in [0.4, 0.5) is 0 Å². The molecule has 0 saturated carbocycles. The summed E-state index contributed by atoms with van der Waals surface area (Å²) < 4.78 is 10.7. The van der Waals surface area contributed by atoms with E-state index in [2.05, 4.69) is 0 Å². The summed E-state index contributed by atoms with van der Waals surface area (Å²) >= 11 is 5.91. The lowest BCUT2D eigenvalue weighted by Gasteiger charge is -2.17. The zero-order chi connectivity index (χ0) is 10.6. The van der Waals surface area contributed by atoms with E-state index in [9.17, 15) is 4.79 Å². The second-order valence-corrected chi connectivity index (χ2v) is 4.48. The van der Waals surface area contributed by atoms with Gasteiger partial charge in [-0.1, -0.05) is 11.6 Å². The SMILES string of the molecule is C[C@]12Oc3ccc(Cl)cc3[C@H]1COC2=O. The fraction of sp³-hybridized carbons (Fsp3) is 0.364. The lowest BCUT2D eigenvalue weighted by atomic mass is 9.88. The first-order valence-electron chi connectivity index (χ1n) is 4.77. The van der Waals surface area contributed by atoms with Crippen molar-refractivity contribution in [2.75, 3.05) is 6.61 Å². The molecule has 4 heteroatoms. The molecule has 0 aromatic heterocycles. The quantitative estimate of drug-likeness (QED) is 0.634. The van der Waals surface area contributed by atoms with Crippen LogP contribution in [0.15, 0.2) is 18.2 Å². The fourth-order valence-electron chi connectivity index (χ4n) is 2.22. The van der Waals surface area contributed by atoms with Crippen molar-refractivity contribution in [3.8, 4) is 5.75 Å². The molecule has 0 radical (unpaired) electrons. The molecule has 0 N–H and O–H groups in total. The van der Waals surface area contributed by atoms with Gasteiger partial charge in [-0.15, -0.1) is 0 Å². The van der Waals surface area contributed by atoms with E-state index in [-0.39, 0.29) is 11.9 Å². The Kier molecular flexibility index (Phi) is 1.61. The Bertz CT molecular complexity index is 457. The topological polar surface area (TPSA) is 35.5 Å². The largest absolute Gasteiger partial charge is 0.475 e. The highest BCUT2D eigenvalue weighted by Crippen LogP contribution is 2.49. The van der Waals surface area contributed by atoms with Gasteiger partial charge >= 0.3 is 5.97 Å². The number of rotatable bonds is 0. The smallest absolute Gasteiger partial charge is 0.351 e. The summed E-state index contributed by atoms with van der Waals surface area (Å²) in [5, 5.41) is 0.654. The Morgan fingerprint density at radius 3 is 3.13 bits per heavy atom. The van der Waals surface area contributed by atoms with Gasteiger partial charge in [0.15, 0.2) is 0 Å². The molecule has 1 aromatic carbocycles. The molecule has 1 fully saturated rings. The van der Waals surface area contributed by atoms with E-state index in [4.69, 9.17) is 21.1 Å². The molecule has 3 rings (SSSR count). The summed E-state index contributed by atoms with van der Waals surface area (Å²) in [5.74, 6) is 0.419. The first kappa shape index (κ1) is 9.04. The zero-order valence-corrected chi connectivity index (χ0v) is 8.88. The van der Waals surface area contributed by atoms with Crippen LogP contribution in [0.3, 0.4) is 0 Å². The second kappa shape index (κ2) is 2.67. The number of hydrogen-bond donors (Lipinski definition) is 0. The number of ether oxygens (including phenoxy) is 2. The molecular weight excluding hydrogens is 216 g/mol. The highest BCUT2D eigenvalue weighted by atomic mass is 35.5. The molecule has 0 aliphatic carbocycles. The number of carbonyl (C=O) groups is 1. The van der Waals surface area contributed by atoms with Crippen LogP contribution < -0.4 is 4.74 Å². The summed E-state index contributed by atoms with van der Waals surface area (Å²) in [5.41, 5.74) is 0.114. The lowest BCUT2D eigenvalue weighted by Crippen LogP contribution is -2.38. The van der Waals surface area contributed by atoms with Gasteiger partial charge < -0.3 is 9.47 Å². The highest BCUT2D eigenvalue weighted by molar-refractivity contribution is 6.30. The predicted molar refractivity (Wildman–Crippen MR) is 54.2 cm³/mol. The number of carbonyl (C=O) groups excluding carboxylic acids is 1. The van der Waals surface area contributed by atoms with Gasteiger partial charge in [-0.05, 0) is 25.1 Å². The van der Waals surface area contributed by atoms with Crippen molar-refractivity contribution in [3.63, 3.8) is 0 Å². The Balaban J connectivity index is 2.15. The standard InChI is InChI=1S/C11H9ClO3/c1-11-8(5-14-10(11)13)7-4-6(12)2-3-9(7)15-11/h2-4,8H,5H2,1H3/t8-,11+/m1/s1. The Labute approximate surface area is 91.9 Å². The summed E-state index contributed by atoms with van der Waals surface area (Å²) in [6.07, 6.45) is 0. The van der Waals surface area contributed by atoms with Gasteiger partial charge in [0.25, 0.3) is 0 Å². The molecule has 1 aromatic rings. The number of benzene rings is 1. The zero-order valence-electron chi connectivity index (χ0n) is 8.12. The van der Waals surface area contributed by atoms with E-state index in [0.717, 1.165) is 11.3 Å². The molecule has 2 heterocycles. The average Bonchev–Trinajstić information content (AvgIpc) is 2.62.